The lowest BCUT2D eigenvalue weighted by atomic mass is 9.79. The van der Waals surface area contributed by atoms with Crippen LogP contribution in [0.2, 0.25) is 0 Å². The van der Waals surface area contributed by atoms with E-state index in [9.17, 15) is 4.79 Å². The topological polar surface area (TPSA) is 35.5 Å². The van der Waals surface area contributed by atoms with Crippen LogP contribution >= 0.6 is 0 Å². The van der Waals surface area contributed by atoms with E-state index < -0.39 is 0 Å². The van der Waals surface area contributed by atoms with Crippen LogP contribution in [-0.4, -0.2) is 25.3 Å². The molecule has 0 spiro atoms. The number of rotatable bonds is 1. The molecule has 0 aromatic carbocycles. The van der Waals surface area contributed by atoms with Crippen molar-refractivity contribution < 1.29 is 14.3 Å². The van der Waals surface area contributed by atoms with Gasteiger partial charge in [0.1, 0.15) is 12.2 Å². The summed E-state index contributed by atoms with van der Waals surface area (Å²) in [6.45, 7) is 8.01. The van der Waals surface area contributed by atoms with Crippen molar-refractivity contribution in [2.75, 3.05) is 7.11 Å². The van der Waals surface area contributed by atoms with E-state index in [1.165, 1.54) is 18.3 Å². The molecule has 2 bridgehead atoms. The highest BCUT2D eigenvalue weighted by Crippen LogP contribution is 2.49. The van der Waals surface area contributed by atoms with E-state index in [0.717, 1.165) is 23.1 Å². The third-order valence-electron chi connectivity index (χ3n) is 3.76. The Morgan fingerprint density at radius 1 is 1.35 bits per heavy atom. The molecule has 3 heteroatoms. The number of carbonyl (C=O) groups is 1. The first-order valence-electron chi connectivity index (χ1n) is 5.66. The molecule has 0 saturated carbocycles. The van der Waals surface area contributed by atoms with Crippen molar-refractivity contribution in [3.05, 3.63) is 47.1 Å². The first-order chi connectivity index (χ1) is 8.13. The minimum Gasteiger partial charge on any atom is -0.466 e. The molecule has 2 heterocycles. The Morgan fingerprint density at radius 3 is 2.65 bits per heavy atom. The lowest BCUT2D eigenvalue weighted by molar-refractivity contribution is -0.136. The van der Waals surface area contributed by atoms with E-state index in [-0.39, 0.29) is 18.2 Å². The number of hydrogen-bond acceptors (Lipinski definition) is 3. The van der Waals surface area contributed by atoms with E-state index in [0.29, 0.717) is 6.42 Å². The summed E-state index contributed by atoms with van der Waals surface area (Å²) < 4.78 is 10.6. The Hall–Kier alpha value is -1.61. The van der Waals surface area contributed by atoms with Crippen molar-refractivity contribution >= 4 is 5.97 Å². The molecule has 17 heavy (non-hydrogen) atoms. The first-order valence-corrected chi connectivity index (χ1v) is 5.66. The average molecular weight is 230 g/mol. The molecule has 2 aliphatic heterocycles. The molecule has 3 aliphatic rings. The van der Waals surface area contributed by atoms with Gasteiger partial charge in [-0.25, -0.2) is 4.79 Å². The van der Waals surface area contributed by atoms with Gasteiger partial charge in [0.05, 0.1) is 7.11 Å². The highest BCUT2D eigenvalue weighted by Gasteiger charge is 2.46. The third kappa shape index (κ3) is 1.29. The zero-order valence-electron chi connectivity index (χ0n) is 9.79. The fraction of sp³-hybridized carbons (Fsp3) is 0.357. The average Bonchev–Trinajstić information content (AvgIpc) is 2.86. The van der Waals surface area contributed by atoms with Crippen LogP contribution in [0, 0.1) is 0 Å². The van der Waals surface area contributed by atoms with Crippen molar-refractivity contribution in [2.24, 2.45) is 0 Å². The minimum atomic E-state index is -0.247. The maximum Gasteiger partial charge on any atom is 0.333 e. The van der Waals surface area contributed by atoms with Crippen LogP contribution in [0.15, 0.2) is 47.1 Å². The fourth-order valence-corrected chi connectivity index (χ4v) is 2.80. The van der Waals surface area contributed by atoms with Crippen LogP contribution < -0.4 is 0 Å². The Bertz CT molecular complexity index is 508. The summed E-state index contributed by atoms with van der Waals surface area (Å²) in [4.78, 5) is 11.5. The predicted molar refractivity (Wildman–Crippen MR) is 63.3 cm³/mol. The van der Waals surface area contributed by atoms with Crippen LogP contribution in [0.3, 0.4) is 0 Å². The Kier molecular flexibility index (Phi) is 2.13. The minimum absolute atomic E-state index is 0.00190. The second-order valence-corrected chi connectivity index (χ2v) is 4.60. The Balaban J connectivity index is 1.91. The van der Waals surface area contributed by atoms with Crippen molar-refractivity contribution in [3.8, 4) is 0 Å². The molecular formula is C14H14O3. The van der Waals surface area contributed by atoms with Crippen LogP contribution in [0.1, 0.15) is 12.8 Å². The first kappa shape index (κ1) is 10.5. The van der Waals surface area contributed by atoms with Gasteiger partial charge in [-0.1, -0.05) is 19.2 Å². The number of methoxy groups -OCH3 is 1. The second kappa shape index (κ2) is 3.44. The SMILES string of the molecule is C=C1C(=C)C2OC1C1=C2CC(C(=O)OC)=CC1. The quantitative estimate of drug-likeness (QED) is 0.511. The van der Waals surface area contributed by atoms with Gasteiger partial charge in [0, 0.05) is 12.0 Å². The van der Waals surface area contributed by atoms with E-state index in [1.807, 2.05) is 6.08 Å². The van der Waals surface area contributed by atoms with Gasteiger partial charge in [0.15, 0.2) is 0 Å². The van der Waals surface area contributed by atoms with E-state index in [2.05, 4.69) is 13.2 Å². The van der Waals surface area contributed by atoms with Crippen LogP contribution in [0.25, 0.3) is 0 Å². The summed E-state index contributed by atoms with van der Waals surface area (Å²) in [7, 11) is 1.41. The molecule has 0 amide bonds. The summed E-state index contributed by atoms with van der Waals surface area (Å²) in [6, 6.07) is 0. The van der Waals surface area contributed by atoms with Gasteiger partial charge >= 0.3 is 5.97 Å². The van der Waals surface area contributed by atoms with Gasteiger partial charge in [-0.3, -0.25) is 0 Å². The standard InChI is InChI=1S/C14H14O3/c1-7-8(2)13-11-6-9(14(15)16-3)4-5-10(11)12(7)17-13/h4,12-13H,1-2,5-6H2,3H3. The zero-order valence-corrected chi connectivity index (χ0v) is 9.79. The number of ether oxygens (including phenoxy) is 2. The molecule has 0 aromatic heterocycles. The predicted octanol–water partition coefficient (Wildman–Crippen LogP) is 2.07. The maximum atomic E-state index is 11.5. The number of allylic oxidation sites excluding steroid dienone is 1. The van der Waals surface area contributed by atoms with Crippen molar-refractivity contribution in [1.82, 2.24) is 0 Å². The largest absolute Gasteiger partial charge is 0.466 e. The number of carbonyl (C=O) groups excluding carboxylic acids is 1. The van der Waals surface area contributed by atoms with Gasteiger partial charge < -0.3 is 9.47 Å². The molecule has 1 aliphatic carbocycles. The molecule has 3 nitrogen and oxygen atoms in total. The van der Waals surface area contributed by atoms with Crippen LogP contribution in [0.4, 0.5) is 0 Å². The van der Waals surface area contributed by atoms with E-state index in [4.69, 9.17) is 9.47 Å². The number of fused-ring (bicyclic) bond motifs is 4. The van der Waals surface area contributed by atoms with Crippen molar-refractivity contribution in [1.29, 1.82) is 0 Å². The molecular weight excluding hydrogens is 216 g/mol. The lowest BCUT2D eigenvalue weighted by Gasteiger charge is -2.23. The van der Waals surface area contributed by atoms with Crippen LogP contribution in [0.5, 0.6) is 0 Å². The third-order valence-corrected chi connectivity index (χ3v) is 3.76. The molecule has 0 aromatic rings. The highest BCUT2D eigenvalue weighted by molar-refractivity contribution is 5.89. The lowest BCUT2D eigenvalue weighted by Crippen LogP contribution is -2.19. The zero-order chi connectivity index (χ0) is 12.2. The van der Waals surface area contributed by atoms with Gasteiger partial charge in [-0.15, -0.1) is 0 Å². The summed E-state index contributed by atoms with van der Waals surface area (Å²) in [5.41, 5.74) is 5.12. The highest BCUT2D eigenvalue weighted by atomic mass is 16.5. The summed E-state index contributed by atoms with van der Waals surface area (Å²) in [5.74, 6) is -0.247. The molecule has 1 saturated heterocycles. The number of esters is 1. The summed E-state index contributed by atoms with van der Waals surface area (Å²) in [6.07, 6.45) is 3.25. The second-order valence-electron chi connectivity index (χ2n) is 4.60. The van der Waals surface area contributed by atoms with Gasteiger partial charge in [0.25, 0.3) is 0 Å². The molecule has 0 radical (unpaired) electrons. The molecule has 2 unspecified atom stereocenters. The molecule has 1 fully saturated rings. The van der Waals surface area contributed by atoms with Crippen molar-refractivity contribution in [2.45, 2.75) is 25.0 Å². The number of hydrogen-bond donors (Lipinski definition) is 0. The molecule has 3 rings (SSSR count). The monoisotopic (exact) mass is 230 g/mol. The van der Waals surface area contributed by atoms with E-state index >= 15 is 0 Å². The smallest absolute Gasteiger partial charge is 0.333 e. The molecule has 0 N–H and O–H groups in total. The van der Waals surface area contributed by atoms with Crippen LogP contribution in [-0.2, 0) is 14.3 Å². The summed E-state index contributed by atoms with van der Waals surface area (Å²) in [5, 5.41) is 0. The maximum absolute atomic E-state index is 11.5. The van der Waals surface area contributed by atoms with Gasteiger partial charge in [-0.2, -0.15) is 0 Å². The summed E-state index contributed by atoms with van der Waals surface area (Å²) >= 11 is 0. The Labute approximate surface area is 100 Å². The Morgan fingerprint density at radius 2 is 2.00 bits per heavy atom. The van der Waals surface area contributed by atoms with Gasteiger partial charge in [-0.05, 0) is 28.7 Å². The van der Waals surface area contributed by atoms with Gasteiger partial charge in [0.2, 0.25) is 0 Å². The fourth-order valence-electron chi connectivity index (χ4n) is 2.80. The molecule has 2 atom stereocenters. The van der Waals surface area contributed by atoms with Crippen molar-refractivity contribution in [3.63, 3.8) is 0 Å². The normalized spacial score (nSPS) is 30.5. The molecule has 88 valence electrons. The van der Waals surface area contributed by atoms with E-state index in [1.54, 1.807) is 0 Å².